The Balaban J connectivity index is 1.74. The number of nitrogens with one attached hydrogen (secondary N) is 1. The van der Waals surface area contributed by atoms with Crippen LogP contribution >= 0.6 is 0 Å². The minimum Gasteiger partial charge on any atom is -0.481 e. The second-order valence-electron chi connectivity index (χ2n) is 5.50. The summed E-state index contributed by atoms with van der Waals surface area (Å²) < 4.78 is 0. The standard InChI is InChI=1S/C15H21N3O3/c1-11-2-3-13(8-16-11)9-17-15(21)18-7-6-12(10-18)4-5-14(19)20/h2-3,8,12H,4-7,9-10H2,1H3,(H,17,21)(H,19,20). The molecule has 0 aliphatic carbocycles. The van der Waals surface area contributed by atoms with Crippen molar-refractivity contribution in [1.82, 2.24) is 15.2 Å². The maximum atomic E-state index is 12.0. The summed E-state index contributed by atoms with van der Waals surface area (Å²) in [6.45, 7) is 3.72. The van der Waals surface area contributed by atoms with Crippen LogP contribution in [0.25, 0.3) is 0 Å². The van der Waals surface area contributed by atoms with Crippen LogP contribution < -0.4 is 5.32 Å². The highest BCUT2D eigenvalue weighted by atomic mass is 16.4. The number of aromatic nitrogens is 1. The minimum absolute atomic E-state index is 0.0894. The van der Waals surface area contributed by atoms with Crippen molar-refractivity contribution in [1.29, 1.82) is 0 Å². The third-order valence-electron chi connectivity index (χ3n) is 3.76. The van der Waals surface area contributed by atoms with Gasteiger partial charge in [-0.05, 0) is 37.3 Å². The molecule has 6 nitrogen and oxygen atoms in total. The molecule has 2 heterocycles. The Bertz CT molecular complexity index is 501. The molecule has 1 saturated heterocycles. The van der Waals surface area contributed by atoms with E-state index in [2.05, 4.69) is 10.3 Å². The molecule has 0 bridgehead atoms. The summed E-state index contributed by atoms with van der Waals surface area (Å²) in [7, 11) is 0. The average molecular weight is 291 g/mol. The maximum absolute atomic E-state index is 12.0. The smallest absolute Gasteiger partial charge is 0.317 e. The summed E-state index contributed by atoms with van der Waals surface area (Å²) in [6.07, 6.45) is 3.46. The second kappa shape index (κ2) is 7.06. The van der Waals surface area contributed by atoms with E-state index in [0.717, 1.165) is 17.7 Å². The number of amides is 2. The SMILES string of the molecule is Cc1ccc(CNC(=O)N2CCC(CCC(=O)O)C2)cn1. The van der Waals surface area contributed by atoms with Gasteiger partial charge in [0.05, 0.1) is 0 Å². The van der Waals surface area contributed by atoms with Gasteiger partial charge in [-0.2, -0.15) is 0 Å². The molecule has 0 radical (unpaired) electrons. The molecule has 2 N–H and O–H groups in total. The summed E-state index contributed by atoms with van der Waals surface area (Å²) >= 11 is 0. The zero-order chi connectivity index (χ0) is 15.2. The van der Waals surface area contributed by atoms with E-state index in [1.54, 1.807) is 11.1 Å². The first-order chi connectivity index (χ1) is 10.0. The molecule has 1 atom stereocenters. The van der Waals surface area contributed by atoms with Crippen molar-refractivity contribution in [2.24, 2.45) is 5.92 Å². The van der Waals surface area contributed by atoms with Crippen molar-refractivity contribution >= 4 is 12.0 Å². The van der Waals surface area contributed by atoms with Crippen LogP contribution in [0.5, 0.6) is 0 Å². The predicted molar refractivity (Wildman–Crippen MR) is 77.8 cm³/mol. The highest BCUT2D eigenvalue weighted by molar-refractivity contribution is 5.74. The van der Waals surface area contributed by atoms with Gasteiger partial charge in [0, 0.05) is 37.9 Å². The third-order valence-corrected chi connectivity index (χ3v) is 3.76. The molecule has 1 unspecified atom stereocenters. The third kappa shape index (κ3) is 4.73. The lowest BCUT2D eigenvalue weighted by atomic mass is 10.0. The van der Waals surface area contributed by atoms with E-state index in [-0.39, 0.29) is 12.5 Å². The molecule has 0 aromatic carbocycles. The zero-order valence-corrected chi connectivity index (χ0v) is 12.2. The lowest BCUT2D eigenvalue weighted by Gasteiger charge is -2.17. The zero-order valence-electron chi connectivity index (χ0n) is 12.2. The number of rotatable bonds is 5. The molecular weight excluding hydrogens is 270 g/mol. The lowest BCUT2D eigenvalue weighted by Crippen LogP contribution is -2.38. The van der Waals surface area contributed by atoms with Crippen molar-refractivity contribution in [3.05, 3.63) is 29.6 Å². The Labute approximate surface area is 124 Å². The summed E-state index contributed by atoms with van der Waals surface area (Å²) in [4.78, 5) is 28.5. The molecule has 2 rings (SSSR count). The van der Waals surface area contributed by atoms with Crippen LogP contribution in [-0.4, -0.2) is 40.1 Å². The number of aryl methyl sites for hydroxylation is 1. The van der Waals surface area contributed by atoms with Crippen LogP contribution in [0.4, 0.5) is 4.79 Å². The number of carboxylic acid groups (broad SMARTS) is 1. The first-order valence-corrected chi connectivity index (χ1v) is 7.20. The van der Waals surface area contributed by atoms with Crippen molar-refractivity contribution in [3.8, 4) is 0 Å². The number of hydrogen-bond donors (Lipinski definition) is 2. The molecule has 0 spiro atoms. The molecular formula is C15H21N3O3. The summed E-state index contributed by atoms with van der Waals surface area (Å²) in [5, 5.41) is 11.6. The summed E-state index contributed by atoms with van der Waals surface area (Å²) in [5.41, 5.74) is 1.92. The lowest BCUT2D eigenvalue weighted by molar-refractivity contribution is -0.137. The van der Waals surface area contributed by atoms with Crippen molar-refractivity contribution in [2.45, 2.75) is 32.7 Å². The normalized spacial score (nSPS) is 17.8. The monoisotopic (exact) mass is 291 g/mol. The van der Waals surface area contributed by atoms with Crippen LogP contribution in [-0.2, 0) is 11.3 Å². The van der Waals surface area contributed by atoms with E-state index in [1.807, 2.05) is 19.1 Å². The largest absolute Gasteiger partial charge is 0.481 e. The van der Waals surface area contributed by atoms with Gasteiger partial charge in [0.25, 0.3) is 0 Å². The summed E-state index contributed by atoms with van der Waals surface area (Å²) in [6, 6.07) is 3.77. The predicted octanol–water partition coefficient (Wildman–Crippen LogP) is 1.79. The van der Waals surface area contributed by atoms with E-state index in [0.29, 0.717) is 32.0 Å². The molecule has 1 aliphatic heterocycles. The Hall–Kier alpha value is -2.11. The number of likely N-dealkylation sites (tertiary alicyclic amines) is 1. The molecule has 6 heteroatoms. The van der Waals surface area contributed by atoms with Crippen LogP contribution in [0, 0.1) is 12.8 Å². The number of urea groups is 1. The number of pyridine rings is 1. The number of carbonyl (C=O) groups excluding carboxylic acids is 1. The number of nitrogens with zero attached hydrogens (tertiary/aromatic N) is 2. The van der Waals surface area contributed by atoms with E-state index in [9.17, 15) is 9.59 Å². The van der Waals surface area contributed by atoms with E-state index in [1.165, 1.54) is 0 Å². The number of hydrogen-bond acceptors (Lipinski definition) is 3. The number of carboxylic acids is 1. The quantitative estimate of drug-likeness (QED) is 0.866. The molecule has 1 aliphatic rings. The van der Waals surface area contributed by atoms with Gasteiger partial charge in [-0.25, -0.2) is 4.79 Å². The van der Waals surface area contributed by atoms with Gasteiger partial charge < -0.3 is 15.3 Å². The minimum atomic E-state index is -0.773. The fraction of sp³-hybridized carbons (Fsp3) is 0.533. The van der Waals surface area contributed by atoms with Crippen molar-refractivity contribution in [3.63, 3.8) is 0 Å². The first-order valence-electron chi connectivity index (χ1n) is 7.20. The van der Waals surface area contributed by atoms with Gasteiger partial charge in [-0.15, -0.1) is 0 Å². The van der Waals surface area contributed by atoms with Crippen LogP contribution in [0.3, 0.4) is 0 Å². The van der Waals surface area contributed by atoms with E-state index >= 15 is 0 Å². The Morgan fingerprint density at radius 3 is 2.95 bits per heavy atom. The molecule has 2 amide bonds. The fourth-order valence-electron chi connectivity index (χ4n) is 2.47. The number of carbonyl (C=O) groups is 2. The second-order valence-corrected chi connectivity index (χ2v) is 5.50. The Morgan fingerprint density at radius 1 is 1.48 bits per heavy atom. The van der Waals surface area contributed by atoms with Gasteiger partial charge in [0.1, 0.15) is 0 Å². The van der Waals surface area contributed by atoms with E-state index in [4.69, 9.17) is 5.11 Å². The van der Waals surface area contributed by atoms with Crippen LogP contribution in [0.1, 0.15) is 30.5 Å². The van der Waals surface area contributed by atoms with Gasteiger partial charge in [-0.3, -0.25) is 9.78 Å². The fourth-order valence-corrected chi connectivity index (χ4v) is 2.47. The topological polar surface area (TPSA) is 82.5 Å². The molecule has 114 valence electrons. The molecule has 1 fully saturated rings. The van der Waals surface area contributed by atoms with Gasteiger partial charge in [-0.1, -0.05) is 6.07 Å². The molecule has 21 heavy (non-hydrogen) atoms. The molecule has 1 aromatic rings. The van der Waals surface area contributed by atoms with Gasteiger partial charge >= 0.3 is 12.0 Å². The molecule has 0 saturated carbocycles. The van der Waals surface area contributed by atoms with Crippen LogP contribution in [0.15, 0.2) is 18.3 Å². The average Bonchev–Trinajstić information content (AvgIpc) is 2.93. The van der Waals surface area contributed by atoms with Crippen molar-refractivity contribution in [2.75, 3.05) is 13.1 Å². The molecule has 1 aromatic heterocycles. The Morgan fingerprint density at radius 2 is 2.29 bits per heavy atom. The highest BCUT2D eigenvalue weighted by Crippen LogP contribution is 2.20. The summed E-state index contributed by atoms with van der Waals surface area (Å²) in [5.74, 6) is -0.474. The van der Waals surface area contributed by atoms with Gasteiger partial charge in [0.2, 0.25) is 0 Å². The van der Waals surface area contributed by atoms with Crippen LogP contribution in [0.2, 0.25) is 0 Å². The Kier molecular flexibility index (Phi) is 5.14. The maximum Gasteiger partial charge on any atom is 0.317 e. The van der Waals surface area contributed by atoms with E-state index < -0.39 is 5.97 Å². The van der Waals surface area contributed by atoms with Gasteiger partial charge in [0.15, 0.2) is 0 Å². The number of aliphatic carboxylic acids is 1. The highest BCUT2D eigenvalue weighted by Gasteiger charge is 2.26. The first kappa shape index (κ1) is 15.3. The van der Waals surface area contributed by atoms with Crippen molar-refractivity contribution < 1.29 is 14.7 Å².